The first-order chi connectivity index (χ1) is 11.4. The van der Waals surface area contributed by atoms with Crippen molar-refractivity contribution in [3.8, 4) is 0 Å². The number of benzene rings is 1. The molecule has 2 aliphatic carbocycles. The maximum atomic E-state index is 5.13. The van der Waals surface area contributed by atoms with E-state index in [1.165, 1.54) is 75.2 Å². The lowest BCUT2D eigenvalue weighted by Gasteiger charge is -2.46. The van der Waals surface area contributed by atoms with E-state index in [0.717, 1.165) is 22.4 Å². The molecular weight excluding hydrogens is 304 g/mol. The van der Waals surface area contributed by atoms with Crippen LogP contribution in [0.15, 0.2) is 17.1 Å². The van der Waals surface area contributed by atoms with Crippen molar-refractivity contribution in [2.24, 2.45) is 10.9 Å². The van der Waals surface area contributed by atoms with Crippen molar-refractivity contribution in [3.63, 3.8) is 0 Å². The van der Waals surface area contributed by atoms with Gasteiger partial charge >= 0.3 is 0 Å². The van der Waals surface area contributed by atoms with Crippen LogP contribution in [0.1, 0.15) is 57.8 Å². The van der Waals surface area contributed by atoms with Crippen molar-refractivity contribution in [1.29, 1.82) is 0 Å². The van der Waals surface area contributed by atoms with Gasteiger partial charge in [0, 0.05) is 17.2 Å². The Labute approximate surface area is 140 Å². The SMILES string of the molecule is c1cc2nsnc2c2c1N=C1CCCCC1C1(CCCCC1)N2. The predicted molar refractivity (Wildman–Crippen MR) is 95.9 cm³/mol. The van der Waals surface area contributed by atoms with Crippen LogP contribution < -0.4 is 5.32 Å². The zero-order valence-corrected chi connectivity index (χ0v) is 14.2. The number of anilines is 1. The van der Waals surface area contributed by atoms with Gasteiger partial charge in [0.05, 0.1) is 23.1 Å². The monoisotopic (exact) mass is 326 g/mol. The molecule has 1 spiro atoms. The summed E-state index contributed by atoms with van der Waals surface area (Å²) in [5.74, 6) is 0.602. The molecule has 120 valence electrons. The van der Waals surface area contributed by atoms with E-state index >= 15 is 0 Å². The summed E-state index contributed by atoms with van der Waals surface area (Å²) in [4.78, 5) is 5.13. The Hall–Kier alpha value is -1.49. The van der Waals surface area contributed by atoms with Crippen molar-refractivity contribution in [3.05, 3.63) is 12.1 Å². The van der Waals surface area contributed by atoms with E-state index in [-0.39, 0.29) is 5.54 Å². The van der Waals surface area contributed by atoms with Crippen LogP contribution in [0.3, 0.4) is 0 Å². The van der Waals surface area contributed by atoms with Gasteiger partial charge in [0.25, 0.3) is 0 Å². The van der Waals surface area contributed by atoms with Crippen molar-refractivity contribution in [1.82, 2.24) is 8.75 Å². The normalized spacial score (nSPS) is 26.1. The number of hydrogen-bond acceptors (Lipinski definition) is 5. The lowest BCUT2D eigenvalue weighted by Crippen LogP contribution is -2.50. The number of fused-ring (bicyclic) bond motifs is 5. The maximum Gasteiger partial charge on any atom is 0.130 e. The van der Waals surface area contributed by atoms with Gasteiger partial charge in [-0.25, -0.2) is 0 Å². The van der Waals surface area contributed by atoms with Gasteiger partial charge in [0.2, 0.25) is 0 Å². The summed E-state index contributed by atoms with van der Waals surface area (Å²) < 4.78 is 8.99. The molecule has 2 heterocycles. The largest absolute Gasteiger partial charge is 0.375 e. The molecular formula is C18H22N4S. The highest BCUT2D eigenvalue weighted by atomic mass is 32.1. The summed E-state index contributed by atoms with van der Waals surface area (Å²) in [6.07, 6.45) is 11.7. The van der Waals surface area contributed by atoms with E-state index in [9.17, 15) is 0 Å². The third-order valence-electron chi connectivity index (χ3n) is 6.03. The van der Waals surface area contributed by atoms with Gasteiger partial charge < -0.3 is 5.32 Å². The molecule has 2 aromatic rings. The highest BCUT2D eigenvalue weighted by Gasteiger charge is 2.45. The molecule has 23 heavy (non-hydrogen) atoms. The minimum atomic E-state index is 0.195. The van der Waals surface area contributed by atoms with Gasteiger partial charge in [-0.2, -0.15) is 8.75 Å². The second-order valence-corrected chi connectivity index (χ2v) is 7.86. The topological polar surface area (TPSA) is 50.2 Å². The average Bonchev–Trinajstić information content (AvgIpc) is 3.02. The Kier molecular flexibility index (Phi) is 3.18. The molecule has 0 amide bonds. The van der Waals surface area contributed by atoms with Crippen LogP contribution in [-0.4, -0.2) is 20.0 Å². The molecule has 1 aromatic heterocycles. The molecule has 1 aromatic carbocycles. The molecule has 1 aliphatic heterocycles. The smallest absolute Gasteiger partial charge is 0.130 e. The van der Waals surface area contributed by atoms with E-state index < -0.39 is 0 Å². The second kappa shape index (κ2) is 5.26. The first-order valence-electron chi connectivity index (χ1n) is 8.97. The highest BCUT2D eigenvalue weighted by Crippen LogP contribution is 2.48. The van der Waals surface area contributed by atoms with Crippen molar-refractivity contribution >= 4 is 39.8 Å². The zero-order chi connectivity index (χ0) is 15.3. The lowest BCUT2D eigenvalue weighted by molar-refractivity contribution is 0.246. The standard InChI is InChI=1S/C18H22N4S/c1-4-10-18(11-5-1)12-6-2-3-7-13(12)19-14-8-9-15-17(16(14)20-18)22-23-21-15/h8-9,12,20H,1-7,10-11H2. The highest BCUT2D eigenvalue weighted by molar-refractivity contribution is 7.00. The number of aromatic nitrogens is 2. The van der Waals surface area contributed by atoms with Crippen LogP contribution >= 0.6 is 11.7 Å². The molecule has 5 rings (SSSR count). The zero-order valence-electron chi connectivity index (χ0n) is 13.3. The summed E-state index contributed by atoms with van der Waals surface area (Å²) in [5, 5.41) is 3.99. The quantitative estimate of drug-likeness (QED) is 0.734. The van der Waals surface area contributed by atoms with E-state index in [1.54, 1.807) is 0 Å². The molecule has 0 radical (unpaired) electrons. The minimum absolute atomic E-state index is 0.195. The summed E-state index contributed by atoms with van der Waals surface area (Å²) in [7, 11) is 0. The molecule has 2 fully saturated rings. The first-order valence-corrected chi connectivity index (χ1v) is 9.70. The van der Waals surface area contributed by atoms with Crippen LogP contribution in [0.2, 0.25) is 0 Å². The molecule has 3 aliphatic rings. The minimum Gasteiger partial charge on any atom is -0.375 e. The summed E-state index contributed by atoms with van der Waals surface area (Å²) in [6, 6.07) is 4.20. The van der Waals surface area contributed by atoms with Crippen molar-refractivity contribution in [2.75, 3.05) is 5.32 Å². The third-order valence-corrected chi connectivity index (χ3v) is 6.58. The second-order valence-electron chi connectivity index (χ2n) is 7.33. The fourth-order valence-corrected chi connectivity index (χ4v) is 5.47. The molecule has 1 N–H and O–H groups in total. The van der Waals surface area contributed by atoms with Gasteiger partial charge in [-0.05, 0) is 44.2 Å². The molecule has 5 heteroatoms. The van der Waals surface area contributed by atoms with E-state index in [0.29, 0.717) is 5.92 Å². The van der Waals surface area contributed by atoms with E-state index in [4.69, 9.17) is 4.99 Å². The Morgan fingerprint density at radius 2 is 1.96 bits per heavy atom. The van der Waals surface area contributed by atoms with Gasteiger partial charge in [-0.15, -0.1) is 0 Å². The van der Waals surface area contributed by atoms with E-state index in [1.807, 2.05) is 0 Å². The van der Waals surface area contributed by atoms with Crippen molar-refractivity contribution < 1.29 is 0 Å². The van der Waals surface area contributed by atoms with Crippen LogP contribution in [0, 0.1) is 5.92 Å². The Bertz CT molecular complexity index is 772. The summed E-state index contributed by atoms with van der Waals surface area (Å²) >= 11 is 1.30. The number of aliphatic imine (C=N–C) groups is 1. The molecule has 1 unspecified atom stereocenters. The Morgan fingerprint density at radius 3 is 2.87 bits per heavy atom. The van der Waals surface area contributed by atoms with Gasteiger partial charge in [-0.1, -0.05) is 25.7 Å². The average molecular weight is 326 g/mol. The van der Waals surface area contributed by atoms with E-state index in [2.05, 4.69) is 26.2 Å². The van der Waals surface area contributed by atoms with Gasteiger partial charge in [-0.3, -0.25) is 4.99 Å². The molecule has 0 bridgehead atoms. The van der Waals surface area contributed by atoms with Crippen LogP contribution in [0.5, 0.6) is 0 Å². The summed E-state index contributed by atoms with van der Waals surface area (Å²) in [5.41, 5.74) is 5.86. The van der Waals surface area contributed by atoms with Gasteiger partial charge in [0.15, 0.2) is 0 Å². The first kappa shape index (κ1) is 13.9. The number of rotatable bonds is 0. The van der Waals surface area contributed by atoms with Crippen LogP contribution in [0.25, 0.3) is 11.0 Å². The molecule has 4 nitrogen and oxygen atoms in total. The van der Waals surface area contributed by atoms with Gasteiger partial charge in [0.1, 0.15) is 11.0 Å². The fourth-order valence-electron chi connectivity index (χ4n) is 4.93. The lowest BCUT2D eigenvalue weighted by atomic mass is 9.66. The third kappa shape index (κ3) is 2.12. The summed E-state index contributed by atoms with van der Waals surface area (Å²) in [6.45, 7) is 0. The Morgan fingerprint density at radius 1 is 1.04 bits per heavy atom. The van der Waals surface area contributed by atoms with Crippen molar-refractivity contribution in [2.45, 2.75) is 63.3 Å². The number of hydrogen-bond donors (Lipinski definition) is 1. The molecule has 1 atom stereocenters. The number of nitrogens with one attached hydrogen (secondary N) is 1. The van der Waals surface area contributed by atoms with Crippen LogP contribution in [-0.2, 0) is 0 Å². The maximum absolute atomic E-state index is 5.13. The Balaban J connectivity index is 1.72. The van der Waals surface area contributed by atoms with Crippen LogP contribution in [0.4, 0.5) is 11.4 Å². The molecule has 0 saturated heterocycles. The molecule has 2 saturated carbocycles. The predicted octanol–water partition coefficient (Wildman–Crippen LogP) is 5.08. The number of nitrogens with zero attached hydrogens (tertiary/aromatic N) is 3. The fraction of sp³-hybridized carbons (Fsp3) is 0.611.